The second-order valence-corrected chi connectivity index (χ2v) is 6.49. The van der Waals surface area contributed by atoms with Crippen LogP contribution in [0.25, 0.3) is 0 Å². The van der Waals surface area contributed by atoms with E-state index >= 15 is 0 Å². The van der Waals surface area contributed by atoms with Crippen molar-refractivity contribution in [3.05, 3.63) is 0 Å². The molecule has 3 fully saturated rings. The summed E-state index contributed by atoms with van der Waals surface area (Å²) >= 11 is 0. The van der Waals surface area contributed by atoms with Crippen LogP contribution < -0.4 is 0 Å². The summed E-state index contributed by atoms with van der Waals surface area (Å²) in [6.07, 6.45) is 10.4. The van der Waals surface area contributed by atoms with Crippen molar-refractivity contribution in [1.82, 2.24) is 0 Å². The number of hydrogen-bond donors (Lipinski definition) is 0. The molecular formula is C14H24O. The lowest BCUT2D eigenvalue weighted by Crippen LogP contribution is -2.56. The summed E-state index contributed by atoms with van der Waals surface area (Å²) in [5.74, 6) is 0.858. The Morgan fingerprint density at radius 1 is 0.933 bits per heavy atom. The predicted molar refractivity (Wildman–Crippen MR) is 61.8 cm³/mol. The maximum Gasteiger partial charge on any atom is 0.0634 e. The average Bonchev–Trinajstić information content (AvgIpc) is 2.61. The first-order valence-corrected chi connectivity index (χ1v) is 6.78. The molecule has 0 unspecified atom stereocenters. The summed E-state index contributed by atoms with van der Waals surface area (Å²) in [6.45, 7) is 6.14. The molecule has 0 bridgehead atoms. The molecule has 3 rings (SSSR count). The van der Waals surface area contributed by atoms with Crippen molar-refractivity contribution in [2.45, 2.75) is 64.9 Å². The van der Waals surface area contributed by atoms with E-state index in [1.807, 2.05) is 0 Å². The summed E-state index contributed by atoms with van der Waals surface area (Å²) in [5, 5.41) is 0. The molecule has 0 amide bonds. The zero-order chi connectivity index (χ0) is 10.5. The maximum atomic E-state index is 6.16. The normalized spacial score (nSPS) is 54.8. The third-order valence-corrected chi connectivity index (χ3v) is 6.08. The van der Waals surface area contributed by atoms with Crippen LogP contribution in [-0.4, -0.2) is 12.7 Å². The van der Waals surface area contributed by atoms with Gasteiger partial charge in [-0.05, 0) is 42.4 Å². The quantitative estimate of drug-likeness (QED) is 0.589. The fourth-order valence-corrected chi connectivity index (χ4v) is 4.71. The van der Waals surface area contributed by atoms with Gasteiger partial charge in [0.2, 0.25) is 0 Å². The molecule has 0 aromatic heterocycles. The Bertz CT molecular complexity index is 262. The molecule has 1 heterocycles. The molecule has 0 N–H and O–H groups in total. The van der Waals surface area contributed by atoms with Crippen LogP contribution in [0.3, 0.4) is 0 Å². The van der Waals surface area contributed by atoms with Crippen LogP contribution in [0.1, 0.15) is 58.8 Å². The van der Waals surface area contributed by atoms with E-state index < -0.39 is 0 Å². The van der Waals surface area contributed by atoms with E-state index in [9.17, 15) is 0 Å². The van der Waals surface area contributed by atoms with Crippen molar-refractivity contribution in [2.75, 3.05) is 6.61 Å². The van der Waals surface area contributed by atoms with Gasteiger partial charge >= 0.3 is 0 Å². The van der Waals surface area contributed by atoms with Gasteiger partial charge in [0.15, 0.2) is 0 Å². The van der Waals surface area contributed by atoms with Crippen LogP contribution in [0.5, 0.6) is 0 Å². The van der Waals surface area contributed by atoms with Gasteiger partial charge < -0.3 is 4.74 Å². The van der Waals surface area contributed by atoms with E-state index in [0.717, 1.165) is 12.5 Å². The Hall–Kier alpha value is -0.0400. The molecular weight excluding hydrogens is 184 g/mol. The molecule has 0 aromatic carbocycles. The highest BCUT2D eigenvalue weighted by atomic mass is 16.5. The third kappa shape index (κ3) is 1.19. The fourth-order valence-electron chi connectivity index (χ4n) is 4.71. The lowest BCUT2D eigenvalue weighted by atomic mass is 9.52. The molecule has 1 aliphatic heterocycles. The Balaban J connectivity index is 1.96. The van der Waals surface area contributed by atoms with Crippen LogP contribution in [-0.2, 0) is 4.74 Å². The van der Waals surface area contributed by atoms with Crippen molar-refractivity contribution < 1.29 is 4.74 Å². The molecule has 1 heteroatoms. The summed E-state index contributed by atoms with van der Waals surface area (Å²) in [4.78, 5) is 0. The van der Waals surface area contributed by atoms with Crippen LogP contribution in [0.4, 0.5) is 0 Å². The van der Waals surface area contributed by atoms with Gasteiger partial charge in [0.05, 0.1) is 12.7 Å². The van der Waals surface area contributed by atoms with Crippen molar-refractivity contribution >= 4 is 0 Å². The Morgan fingerprint density at radius 2 is 1.73 bits per heavy atom. The summed E-state index contributed by atoms with van der Waals surface area (Å²) in [6, 6.07) is 0. The van der Waals surface area contributed by atoms with Gasteiger partial charge in [0, 0.05) is 0 Å². The van der Waals surface area contributed by atoms with Crippen LogP contribution in [0.2, 0.25) is 0 Å². The van der Waals surface area contributed by atoms with Crippen molar-refractivity contribution in [2.24, 2.45) is 16.7 Å². The molecule has 2 aliphatic carbocycles. The third-order valence-electron chi connectivity index (χ3n) is 6.08. The molecule has 0 radical (unpaired) electrons. The minimum Gasteiger partial charge on any atom is -0.377 e. The van der Waals surface area contributed by atoms with E-state index in [2.05, 4.69) is 13.8 Å². The Morgan fingerprint density at radius 3 is 2.60 bits per heavy atom. The van der Waals surface area contributed by atoms with Crippen LogP contribution in [0.15, 0.2) is 0 Å². The monoisotopic (exact) mass is 208 g/mol. The van der Waals surface area contributed by atoms with Crippen LogP contribution >= 0.6 is 0 Å². The average molecular weight is 208 g/mol. The zero-order valence-electron chi connectivity index (χ0n) is 10.2. The minimum atomic E-state index is 0.491. The second kappa shape index (κ2) is 3.23. The SMILES string of the molecule is C[C@]12CCC[C@H]1CO[C@H]1CCCC[C@@]12C. The molecule has 4 atom stereocenters. The number of hydrogen-bond acceptors (Lipinski definition) is 1. The van der Waals surface area contributed by atoms with Crippen molar-refractivity contribution in [3.8, 4) is 0 Å². The predicted octanol–water partition coefficient (Wildman–Crippen LogP) is 3.77. The zero-order valence-corrected chi connectivity index (χ0v) is 10.2. The molecule has 0 spiro atoms. The molecule has 0 aromatic rings. The molecule has 2 saturated carbocycles. The van der Waals surface area contributed by atoms with E-state index in [1.165, 1.54) is 44.9 Å². The summed E-state index contributed by atoms with van der Waals surface area (Å²) < 4.78 is 6.16. The van der Waals surface area contributed by atoms with Gasteiger partial charge in [-0.15, -0.1) is 0 Å². The maximum absolute atomic E-state index is 6.16. The molecule has 3 aliphatic rings. The van der Waals surface area contributed by atoms with Crippen molar-refractivity contribution in [1.29, 1.82) is 0 Å². The fraction of sp³-hybridized carbons (Fsp3) is 1.00. The lowest BCUT2D eigenvalue weighted by Gasteiger charge is -2.58. The highest BCUT2D eigenvalue weighted by molar-refractivity contribution is 5.07. The second-order valence-electron chi connectivity index (χ2n) is 6.49. The van der Waals surface area contributed by atoms with E-state index in [-0.39, 0.29) is 0 Å². The number of fused-ring (bicyclic) bond motifs is 3. The van der Waals surface area contributed by atoms with Crippen molar-refractivity contribution in [3.63, 3.8) is 0 Å². The number of ether oxygens (including phenoxy) is 1. The topological polar surface area (TPSA) is 9.23 Å². The standard InChI is InChI=1S/C14H24O/c1-13-9-5-6-11(13)10-15-12-7-3-4-8-14(12,13)2/h11-12H,3-10H2,1-2H3/t11-,12-,13-,14-/m0/s1. The molecule has 86 valence electrons. The number of rotatable bonds is 0. The lowest BCUT2D eigenvalue weighted by molar-refractivity contribution is -0.194. The minimum absolute atomic E-state index is 0.491. The Kier molecular flexibility index (Phi) is 2.18. The highest BCUT2D eigenvalue weighted by Crippen LogP contribution is 2.63. The first-order chi connectivity index (χ1) is 7.17. The molecule has 1 saturated heterocycles. The summed E-state index contributed by atoms with van der Waals surface area (Å²) in [7, 11) is 0. The van der Waals surface area contributed by atoms with E-state index in [4.69, 9.17) is 4.74 Å². The van der Waals surface area contributed by atoms with Gasteiger partial charge in [0.1, 0.15) is 0 Å². The summed E-state index contributed by atoms with van der Waals surface area (Å²) in [5.41, 5.74) is 1.08. The van der Waals surface area contributed by atoms with Gasteiger partial charge in [0.25, 0.3) is 0 Å². The van der Waals surface area contributed by atoms with Gasteiger partial charge in [-0.2, -0.15) is 0 Å². The molecule has 1 nitrogen and oxygen atoms in total. The van der Waals surface area contributed by atoms with Crippen LogP contribution in [0, 0.1) is 16.7 Å². The largest absolute Gasteiger partial charge is 0.377 e. The molecule has 15 heavy (non-hydrogen) atoms. The van der Waals surface area contributed by atoms with Gasteiger partial charge in [-0.1, -0.05) is 33.1 Å². The van der Waals surface area contributed by atoms with E-state index in [0.29, 0.717) is 16.9 Å². The first-order valence-electron chi connectivity index (χ1n) is 6.78. The Labute approximate surface area is 93.6 Å². The highest BCUT2D eigenvalue weighted by Gasteiger charge is 2.58. The smallest absolute Gasteiger partial charge is 0.0634 e. The first kappa shape index (κ1) is 10.1. The van der Waals surface area contributed by atoms with E-state index in [1.54, 1.807) is 0 Å². The van der Waals surface area contributed by atoms with Gasteiger partial charge in [-0.3, -0.25) is 0 Å². The van der Waals surface area contributed by atoms with Gasteiger partial charge in [-0.25, -0.2) is 0 Å².